The fourth-order valence-electron chi connectivity index (χ4n) is 20.0. The highest BCUT2D eigenvalue weighted by molar-refractivity contribution is 6.62. The average molecular weight is 1740 g/mol. The second-order valence-corrected chi connectivity index (χ2v) is 36.2. The molecule has 0 saturated carbocycles. The minimum absolute atomic E-state index is 0.386. The summed E-state index contributed by atoms with van der Waals surface area (Å²) in [7, 11) is -0.403. The Morgan fingerprint density at radius 2 is 0.470 bits per heavy atom. The summed E-state index contributed by atoms with van der Waals surface area (Å²) < 4.78 is 25.7. The van der Waals surface area contributed by atoms with Gasteiger partial charge in [-0.05, 0) is 182 Å². The maximum atomic E-state index is 6.50. The summed E-state index contributed by atoms with van der Waals surface area (Å²) in [6, 6.07) is 162. The van der Waals surface area contributed by atoms with Crippen LogP contribution >= 0.6 is 11.6 Å². The van der Waals surface area contributed by atoms with Gasteiger partial charge in [-0.15, -0.1) is 0 Å². The first-order chi connectivity index (χ1) is 65.8. The van der Waals surface area contributed by atoms with E-state index in [1.54, 1.807) is 0 Å². The van der Waals surface area contributed by atoms with Gasteiger partial charge in [0.25, 0.3) is 0 Å². The zero-order valence-corrected chi connectivity index (χ0v) is 75.0. The van der Waals surface area contributed by atoms with E-state index in [9.17, 15) is 0 Å². The van der Waals surface area contributed by atoms with E-state index in [4.69, 9.17) is 49.7 Å². The first-order valence-electron chi connectivity index (χ1n) is 45.6. The van der Waals surface area contributed by atoms with E-state index in [-0.39, 0.29) is 11.2 Å². The molecule has 134 heavy (non-hydrogen) atoms. The van der Waals surface area contributed by atoms with Gasteiger partial charge in [0, 0.05) is 59.9 Å². The van der Waals surface area contributed by atoms with Crippen LogP contribution in [0.2, 0.25) is 5.02 Å². The van der Waals surface area contributed by atoms with Gasteiger partial charge in [0.15, 0.2) is 11.6 Å². The van der Waals surface area contributed by atoms with Gasteiger partial charge < -0.3 is 18.1 Å². The number of hydrogen-bond acceptors (Lipinski definition) is 8. The van der Waals surface area contributed by atoms with Gasteiger partial charge in [-0.1, -0.05) is 424 Å². The Labute approximate surface area is 784 Å². The largest absolute Gasteiger partial charge is 0.494 e. The number of aromatic nitrogens is 4. The van der Waals surface area contributed by atoms with Crippen LogP contribution in [-0.2, 0) is 20.1 Å². The van der Waals surface area contributed by atoms with Crippen molar-refractivity contribution in [1.29, 1.82) is 0 Å². The molecule has 3 aliphatic rings. The van der Waals surface area contributed by atoms with Crippen molar-refractivity contribution in [3.8, 4) is 123 Å². The third-order valence-electron chi connectivity index (χ3n) is 27.5. The molecule has 4 aromatic heterocycles. The average Bonchev–Trinajstić information content (AvgIpc) is 1.53. The molecule has 10 heteroatoms. The Morgan fingerprint density at radius 3 is 0.813 bits per heavy atom. The lowest BCUT2D eigenvalue weighted by Gasteiger charge is -2.34. The molecule has 25 rings (SSSR count). The first kappa shape index (κ1) is 82.4. The van der Waals surface area contributed by atoms with Crippen LogP contribution in [0, 0.1) is 0 Å². The Balaban J connectivity index is 0.000000122. The van der Waals surface area contributed by atoms with Crippen molar-refractivity contribution < 1.29 is 18.1 Å². The van der Waals surface area contributed by atoms with Crippen LogP contribution < -0.4 is 5.46 Å². The molecule has 1 aliphatic heterocycles. The molecule has 0 bridgehead atoms. The molecule has 1 fully saturated rings. The fourth-order valence-corrected chi connectivity index (χ4v) is 20.2. The van der Waals surface area contributed by atoms with E-state index in [1.165, 1.54) is 89.0 Å². The maximum Gasteiger partial charge on any atom is 0.494 e. The van der Waals surface area contributed by atoms with E-state index in [0.717, 1.165) is 117 Å². The van der Waals surface area contributed by atoms with E-state index in [2.05, 4.69) is 380 Å². The number of halogens is 1. The molecule has 18 aromatic carbocycles. The lowest BCUT2D eigenvalue weighted by atomic mass is 9.66. The molecule has 0 atom stereocenters. The predicted molar refractivity (Wildman–Crippen MR) is 549 cm³/mol. The number of fused-ring (bicyclic) bond motifs is 12. The normalized spacial score (nSPS) is 13.9. The SMILES string of the molecule is CC1(C)OB(c2ccc(C3(c4ccc5c(c4)oc4ccccc45)c4ccccc4-c4ccccc43)cc2)OC1(C)C.Clc1ccc(-c2cc(-c3ccc(-c4ccccc4)cc3)nc(-c3ccccc3)n2)cc1.c1ccc(-c2ccc(-c3cc(-c4ccc(-c5ccc(C6(c7ccc8c(c7)oc7ccccc78)c7ccccc7-c7ccccc76)cc5)cc4)nc(-c4ccccc4)n3)cc2)cc1. The molecule has 1 saturated heterocycles. The van der Waals surface area contributed by atoms with Gasteiger partial charge in [0.05, 0.1) is 44.8 Å². The standard InChI is InChI=1S/C59H38N2O.C37H31BO3.C28H19ClN2/c1-3-13-39(14-4-1)40-23-27-43(28-24-40)54-38-55(61-58(60-54)45-15-5-2-6-16-45)44-29-25-41(26-30-44)42-31-33-46(34-32-42)59(52-20-10-7-17-48(52)49-18-8-11-21-53(49)59)47-35-36-51-50-19-9-12-22-56(50)62-57(51)37-47;1-35(2)36(3,4)41-38(40-35)26-20-17-24(18-21-26)37(31-14-8-5-11-27(31)28-12-6-9-15-32(28)37)25-19-22-30-29-13-7-10-16-33(29)39-34(30)23-25;29-25-17-15-23(16-18-25)27-19-26(30-28(31-27)24-9-5-2-6-10-24)22-13-11-21(12-14-22)20-7-3-1-4-8-20/h1-38H;5-23H,1-4H3;1-19H. The molecule has 2 aliphatic carbocycles. The van der Waals surface area contributed by atoms with Gasteiger partial charge in [-0.3, -0.25) is 0 Å². The Morgan fingerprint density at radius 1 is 0.216 bits per heavy atom. The molecule has 0 radical (unpaired) electrons. The van der Waals surface area contributed by atoms with Crippen molar-refractivity contribution in [3.05, 3.63) is 511 Å². The third kappa shape index (κ3) is 14.7. The zero-order valence-electron chi connectivity index (χ0n) is 74.3. The van der Waals surface area contributed by atoms with E-state index in [1.807, 2.05) is 109 Å². The molecular weight excluding hydrogens is 1660 g/mol. The summed E-state index contributed by atoms with van der Waals surface area (Å²) in [4.78, 5) is 19.9. The maximum absolute atomic E-state index is 6.50. The highest BCUT2D eigenvalue weighted by Crippen LogP contribution is 2.59. The summed E-state index contributed by atoms with van der Waals surface area (Å²) in [6.07, 6.45) is 0. The number of benzene rings is 18. The second-order valence-electron chi connectivity index (χ2n) is 35.7. The minimum atomic E-state index is -0.536. The van der Waals surface area contributed by atoms with Gasteiger partial charge in [0.2, 0.25) is 0 Å². The van der Waals surface area contributed by atoms with Crippen molar-refractivity contribution in [1.82, 2.24) is 19.9 Å². The number of hydrogen-bond donors (Lipinski definition) is 0. The molecule has 5 heterocycles. The zero-order chi connectivity index (χ0) is 90.1. The molecule has 0 unspecified atom stereocenters. The number of nitrogens with zero attached hydrogens (tertiary/aromatic N) is 4. The van der Waals surface area contributed by atoms with Crippen molar-refractivity contribution in [2.45, 2.75) is 49.7 Å². The summed E-state index contributed by atoms with van der Waals surface area (Å²) in [5.74, 6) is 1.41. The van der Waals surface area contributed by atoms with Crippen LogP contribution in [0.1, 0.15) is 72.2 Å². The third-order valence-corrected chi connectivity index (χ3v) is 27.7. The Kier molecular flexibility index (Phi) is 20.9. The highest BCUT2D eigenvalue weighted by Gasteiger charge is 2.53. The monoisotopic (exact) mass is 1740 g/mol. The Hall–Kier alpha value is -16.0. The number of para-hydroxylation sites is 2. The predicted octanol–water partition coefficient (Wildman–Crippen LogP) is 31.1. The lowest BCUT2D eigenvalue weighted by molar-refractivity contribution is 0.00578. The summed E-state index contributed by atoms with van der Waals surface area (Å²) in [5, 5.41) is 5.25. The first-order valence-corrected chi connectivity index (χ1v) is 46.0. The van der Waals surface area contributed by atoms with Gasteiger partial charge >= 0.3 is 7.12 Å². The summed E-state index contributed by atoms with van der Waals surface area (Å²) in [5.41, 5.74) is 34.4. The smallest absolute Gasteiger partial charge is 0.456 e. The molecule has 8 nitrogen and oxygen atoms in total. The quantitative estimate of drug-likeness (QED) is 0.0994. The van der Waals surface area contributed by atoms with E-state index in [0.29, 0.717) is 16.7 Å². The molecule has 22 aromatic rings. The minimum Gasteiger partial charge on any atom is -0.456 e. The summed E-state index contributed by atoms with van der Waals surface area (Å²) >= 11 is 6.09. The Bertz CT molecular complexity index is 8040. The second kappa shape index (κ2) is 34.1. The molecular formula is C124H88BClN4O4. The molecule has 0 N–H and O–H groups in total. The van der Waals surface area contributed by atoms with Crippen LogP contribution in [0.3, 0.4) is 0 Å². The number of rotatable bonds is 14. The van der Waals surface area contributed by atoms with Crippen LogP contribution in [0.4, 0.5) is 0 Å². The topological polar surface area (TPSA) is 96.3 Å². The van der Waals surface area contributed by atoms with Crippen molar-refractivity contribution >= 4 is 68.1 Å². The fraction of sp³-hybridized carbons (Fsp3) is 0.0645. The summed E-state index contributed by atoms with van der Waals surface area (Å²) in [6.45, 7) is 8.38. The highest BCUT2D eigenvalue weighted by atomic mass is 35.5. The van der Waals surface area contributed by atoms with Crippen molar-refractivity contribution in [2.24, 2.45) is 0 Å². The van der Waals surface area contributed by atoms with Crippen LogP contribution in [0.15, 0.2) is 470 Å². The van der Waals surface area contributed by atoms with E-state index >= 15 is 0 Å². The molecule has 0 spiro atoms. The van der Waals surface area contributed by atoms with Gasteiger partial charge in [-0.25, -0.2) is 19.9 Å². The number of furan rings is 2. The van der Waals surface area contributed by atoms with Crippen LogP contribution in [0.25, 0.3) is 167 Å². The van der Waals surface area contributed by atoms with Crippen LogP contribution in [0.5, 0.6) is 0 Å². The van der Waals surface area contributed by atoms with Gasteiger partial charge in [0.1, 0.15) is 22.3 Å². The molecule has 638 valence electrons. The van der Waals surface area contributed by atoms with E-state index < -0.39 is 17.9 Å². The van der Waals surface area contributed by atoms with Gasteiger partial charge in [-0.2, -0.15) is 0 Å². The lowest BCUT2D eigenvalue weighted by Crippen LogP contribution is -2.41. The molecule has 0 amide bonds. The van der Waals surface area contributed by atoms with Crippen LogP contribution in [-0.4, -0.2) is 38.3 Å². The van der Waals surface area contributed by atoms with Crippen molar-refractivity contribution in [3.63, 3.8) is 0 Å². The van der Waals surface area contributed by atoms with Crippen molar-refractivity contribution in [2.75, 3.05) is 0 Å².